The highest BCUT2D eigenvalue weighted by Crippen LogP contribution is 2.45. The zero-order valence-corrected chi connectivity index (χ0v) is 63.0. The molecule has 5 atom stereocenters. The van der Waals surface area contributed by atoms with Crippen molar-refractivity contribution in [3.05, 3.63) is 122 Å². The molecular weight excluding hydrogens is 1280 g/mol. The number of carbonyl (C=O) groups excluding carboxylic acids is 4. The molecule has 0 aromatic heterocycles. The van der Waals surface area contributed by atoms with Crippen molar-refractivity contribution in [2.24, 2.45) is 0 Å². The lowest BCUT2D eigenvalue weighted by molar-refractivity contribution is -0.161. The fourth-order valence-corrected chi connectivity index (χ4v) is 11.2. The molecule has 0 fully saturated rings. The van der Waals surface area contributed by atoms with E-state index in [1.807, 2.05) is 0 Å². The fourth-order valence-electron chi connectivity index (χ4n) is 9.59. The van der Waals surface area contributed by atoms with Crippen LogP contribution in [0.1, 0.15) is 297 Å². The Bertz CT molecular complexity index is 2340. The van der Waals surface area contributed by atoms with Gasteiger partial charge in [0.2, 0.25) is 0 Å². The SMILES string of the molecule is CC/C=C\C/C=C\C/C=C\C/C=C\CCCCC(=O)OCC(COP(=O)(O)OCC(O)COP(=O)(O)OCC(COC(=O)CCCCCCCC/C=C\C/C=C\C/C=C\CCCCC)OC(=O)CCCCCCC/C=C\C/C=C\CCC)OC(=O)CCCCCCC/C=C\CCCC. The number of phosphoric ester groups is 2. The normalized spacial score (nSPS) is 14.6. The first-order valence-electron chi connectivity index (χ1n) is 37.8. The standard InChI is InChI=1S/C79H134O17P2/c1-5-9-13-17-21-25-29-32-34-35-36-37-39-42-45-48-52-56-60-64-77(82)90-70-75(96-79(84)66-62-58-54-50-46-40-31-27-23-19-15-11-7-3)72-94-98(87,88)92-68-73(80)67-91-97(85,86)93-71-74(95-78(83)65-61-57-53-49-43-28-24-20-16-12-8-4)69-89-76(81)63-59-55-51-47-44-41-38-33-30-26-22-18-14-10-6-2/h10,14-15,19-22,24-27,31-34,36-38,44,47,73-75,80H,5-9,11-13,16-18,23,28-30,35,39-43,45-46,48-72H2,1-4H3,(H,85,86)(H,87,88)/b14-10-,19-15-,24-20-,25-21-,26-22-,31-27-,34-32-,37-36-,38-33-,47-44-. The summed E-state index contributed by atoms with van der Waals surface area (Å²) in [5, 5.41) is 10.6. The van der Waals surface area contributed by atoms with Crippen LogP contribution in [0.15, 0.2) is 122 Å². The number of allylic oxidation sites excluding steroid dienone is 20. The smallest absolute Gasteiger partial charge is 0.462 e. The van der Waals surface area contributed by atoms with E-state index in [0.29, 0.717) is 25.7 Å². The second kappa shape index (κ2) is 70.9. The summed E-state index contributed by atoms with van der Waals surface area (Å²) in [7, 11) is -9.97. The van der Waals surface area contributed by atoms with Gasteiger partial charge in [0, 0.05) is 25.7 Å². The van der Waals surface area contributed by atoms with Crippen LogP contribution in [0.2, 0.25) is 0 Å². The van der Waals surface area contributed by atoms with Crippen molar-refractivity contribution in [1.29, 1.82) is 0 Å². The van der Waals surface area contributed by atoms with E-state index < -0.39 is 97.5 Å². The van der Waals surface area contributed by atoms with Crippen LogP contribution in [0.5, 0.6) is 0 Å². The van der Waals surface area contributed by atoms with E-state index >= 15 is 0 Å². The summed E-state index contributed by atoms with van der Waals surface area (Å²) in [6, 6.07) is 0. The monoisotopic (exact) mass is 1420 g/mol. The molecule has 0 rings (SSSR count). The van der Waals surface area contributed by atoms with Gasteiger partial charge in [-0.15, -0.1) is 0 Å². The number of esters is 4. The van der Waals surface area contributed by atoms with Crippen LogP contribution in [0.25, 0.3) is 0 Å². The Kier molecular flexibility index (Phi) is 67.6. The third kappa shape index (κ3) is 69.9. The lowest BCUT2D eigenvalue weighted by Crippen LogP contribution is -2.30. The zero-order chi connectivity index (χ0) is 71.8. The molecule has 98 heavy (non-hydrogen) atoms. The maximum atomic E-state index is 13.1. The van der Waals surface area contributed by atoms with Crippen LogP contribution in [0.4, 0.5) is 0 Å². The van der Waals surface area contributed by atoms with E-state index in [2.05, 4.69) is 149 Å². The third-order valence-corrected chi connectivity index (χ3v) is 17.3. The molecule has 0 aromatic rings. The Morgan fingerprint density at radius 2 is 0.561 bits per heavy atom. The molecule has 0 aliphatic heterocycles. The molecule has 0 radical (unpaired) electrons. The quantitative estimate of drug-likeness (QED) is 0.0169. The molecule has 0 aliphatic rings. The summed E-state index contributed by atoms with van der Waals surface area (Å²) in [6.45, 7) is 4.53. The molecule has 0 saturated carbocycles. The highest BCUT2D eigenvalue weighted by atomic mass is 31.2. The molecule has 19 heteroatoms. The van der Waals surface area contributed by atoms with Gasteiger partial charge < -0.3 is 33.8 Å². The topological polar surface area (TPSA) is 237 Å². The molecule has 0 saturated heterocycles. The van der Waals surface area contributed by atoms with Gasteiger partial charge in [-0.25, -0.2) is 9.13 Å². The molecule has 3 N–H and O–H groups in total. The first-order valence-corrected chi connectivity index (χ1v) is 40.8. The number of aliphatic hydroxyl groups is 1. The molecule has 17 nitrogen and oxygen atoms in total. The van der Waals surface area contributed by atoms with Gasteiger partial charge in [0.1, 0.15) is 19.3 Å². The summed E-state index contributed by atoms with van der Waals surface area (Å²) < 4.78 is 68.3. The lowest BCUT2D eigenvalue weighted by Gasteiger charge is -2.21. The van der Waals surface area contributed by atoms with Crippen LogP contribution in [0, 0.1) is 0 Å². The minimum absolute atomic E-state index is 0.0727. The number of rotatable bonds is 70. The van der Waals surface area contributed by atoms with Gasteiger partial charge >= 0.3 is 39.5 Å². The predicted octanol–water partition coefficient (Wildman–Crippen LogP) is 21.6. The van der Waals surface area contributed by atoms with E-state index in [1.54, 1.807) is 0 Å². The minimum atomic E-state index is -4.98. The minimum Gasteiger partial charge on any atom is -0.462 e. The maximum Gasteiger partial charge on any atom is 0.472 e. The van der Waals surface area contributed by atoms with Crippen molar-refractivity contribution in [1.82, 2.24) is 0 Å². The summed E-state index contributed by atoms with van der Waals surface area (Å²) >= 11 is 0. The molecule has 0 heterocycles. The molecule has 0 aliphatic carbocycles. The Labute approximate surface area is 593 Å². The van der Waals surface area contributed by atoms with E-state index in [9.17, 15) is 43.2 Å². The molecule has 5 unspecified atom stereocenters. The van der Waals surface area contributed by atoms with Gasteiger partial charge in [0.05, 0.1) is 26.4 Å². The lowest BCUT2D eigenvalue weighted by atomic mass is 10.1. The largest absolute Gasteiger partial charge is 0.472 e. The molecule has 0 bridgehead atoms. The number of unbranched alkanes of at least 4 members (excludes halogenated alkanes) is 24. The van der Waals surface area contributed by atoms with Crippen molar-refractivity contribution in [2.75, 3.05) is 39.6 Å². The Hall–Kier alpha value is -4.54. The van der Waals surface area contributed by atoms with Gasteiger partial charge in [-0.05, 0) is 148 Å². The summed E-state index contributed by atoms with van der Waals surface area (Å²) in [6.07, 6.45) is 76.3. The highest BCUT2D eigenvalue weighted by Gasteiger charge is 2.30. The fraction of sp³-hybridized carbons (Fsp3) is 0.696. The number of aliphatic hydroxyl groups excluding tert-OH is 1. The predicted molar refractivity (Wildman–Crippen MR) is 399 cm³/mol. The highest BCUT2D eigenvalue weighted by molar-refractivity contribution is 7.47. The van der Waals surface area contributed by atoms with Crippen LogP contribution in [-0.2, 0) is 65.4 Å². The number of carbonyl (C=O) groups is 4. The number of hydrogen-bond donors (Lipinski definition) is 3. The van der Waals surface area contributed by atoms with E-state index in [0.717, 1.165) is 186 Å². The van der Waals surface area contributed by atoms with Crippen molar-refractivity contribution < 1.29 is 80.2 Å². The first-order chi connectivity index (χ1) is 47.7. The van der Waals surface area contributed by atoms with Gasteiger partial charge in [0.25, 0.3) is 0 Å². The molecule has 0 spiro atoms. The average molecular weight is 1420 g/mol. The number of phosphoric acid groups is 2. The van der Waals surface area contributed by atoms with E-state index in [-0.39, 0.29) is 25.7 Å². The zero-order valence-electron chi connectivity index (χ0n) is 61.2. The second-order valence-electron chi connectivity index (χ2n) is 24.8. The molecule has 0 amide bonds. The molecular formula is C79H134O17P2. The number of ether oxygens (including phenoxy) is 4. The van der Waals surface area contributed by atoms with Crippen molar-refractivity contribution in [3.63, 3.8) is 0 Å². The van der Waals surface area contributed by atoms with Gasteiger partial charge in [-0.3, -0.25) is 37.3 Å². The Balaban J connectivity index is 5.36. The van der Waals surface area contributed by atoms with E-state index in [1.165, 1.54) is 32.1 Å². The van der Waals surface area contributed by atoms with Gasteiger partial charge in [-0.2, -0.15) is 0 Å². The molecule has 562 valence electrons. The van der Waals surface area contributed by atoms with Gasteiger partial charge in [0.15, 0.2) is 12.2 Å². The van der Waals surface area contributed by atoms with Crippen molar-refractivity contribution in [2.45, 2.75) is 316 Å². The second-order valence-corrected chi connectivity index (χ2v) is 27.8. The summed E-state index contributed by atoms with van der Waals surface area (Å²) in [5.74, 6) is -2.26. The van der Waals surface area contributed by atoms with Gasteiger partial charge in [-0.1, -0.05) is 246 Å². The summed E-state index contributed by atoms with van der Waals surface area (Å²) in [5.41, 5.74) is 0. The average Bonchev–Trinajstić information content (AvgIpc) is 1.94. The van der Waals surface area contributed by atoms with Crippen LogP contribution in [-0.4, -0.2) is 96.7 Å². The Morgan fingerprint density at radius 1 is 0.296 bits per heavy atom. The molecule has 0 aromatic carbocycles. The first kappa shape index (κ1) is 93.5. The maximum absolute atomic E-state index is 13.1. The van der Waals surface area contributed by atoms with Crippen molar-refractivity contribution >= 4 is 39.5 Å². The van der Waals surface area contributed by atoms with Crippen LogP contribution >= 0.6 is 15.6 Å². The third-order valence-electron chi connectivity index (χ3n) is 15.4. The van der Waals surface area contributed by atoms with E-state index in [4.69, 9.17) is 37.0 Å². The summed E-state index contributed by atoms with van der Waals surface area (Å²) in [4.78, 5) is 72.7. The van der Waals surface area contributed by atoms with Crippen molar-refractivity contribution in [3.8, 4) is 0 Å². The number of hydrogen-bond acceptors (Lipinski definition) is 15. The van der Waals surface area contributed by atoms with Crippen LogP contribution < -0.4 is 0 Å². The van der Waals surface area contributed by atoms with Crippen LogP contribution in [0.3, 0.4) is 0 Å². The Morgan fingerprint density at radius 3 is 0.918 bits per heavy atom.